The predicted molar refractivity (Wildman–Crippen MR) is 163 cm³/mol. The molecular weight excluding hydrogens is 639 g/mol. The van der Waals surface area contributed by atoms with Crippen LogP contribution in [-0.2, 0) is 26.2 Å². The van der Waals surface area contributed by atoms with E-state index >= 15 is 0 Å². The summed E-state index contributed by atoms with van der Waals surface area (Å²) < 4.78 is 67.0. The van der Waals surface area contributed by atoms with Crippen molar-refractivity contribution in [2.75, 3.05) is 6.61 Å². The Morgan fingerprint density at radius 1 is 0.711 bits per heavy atom. The van der Waals surface area contributed by atoms with E-state index in [4.69, 9.17) is 27.9 Å². The molecule has 2 aliphatic rings. The third-order valence-electron chi connectivity index (χ3n) is 7.87. The zero-order chi connectivity index (χ0) is 32.6. The second kappa shape index (κ2) is 13.4. The Bertz CT molecular complexity index is 1860. The molecule has 0 aliphatic carbocycles. The topological polar surface area (TPSA) is 83.3 Å². The van der Waals surface area contributed by atoms with E-state index in [1.807, 2.05) is 13.8 Å². The summed E-state index contributed by atoms with van der Waals surface area (Å²) in [6, 6.07) is 3.42. The first kappa shape index (κ1) is 32.7. The molecule has 0 spiro atoms. The molecule has 6 rings (SSSR count). The van der Waals surface area contributed by atoms with Crippen molar-refractivity contribution in [3.8, 4) is 33.8 Å². The fourth-order valence-electron chi connectivity index (χ4n) is 5.47. The van der Waals surface area contributed by atoms with Gasteiger partial charge in [0.05, 0.1) is 17.7 Å². The summed E-state index contributed by atoms with van der Waals surface area (Å²) in [6.45, 7) is 6.60. The minimum Gasteiger partial charge on any atom is -0.505 e. The van der Waals surface area contributed by atoms with Gasteiger partial charge in [-0.25, -0.2) is 26.9 Å². The minimum absolute atomic E-state index is 0.0228. The van der Waals surface area contributed by atoms with Gasteiger partial charge in [0, 0.05) is 49.4 Å². The van der Waals surface area contributed by atoms with Crippen molar-refractivity contribution in [3.63, 3.8) is 0 Å². The van der Waals surface area contributed by atoms with Gasteiger partial charge in [0.1, 0.15) is 21.9 Å². The van der Waals surface area contributed by atoms with Gasteiger partial charge in [-0.1, -0.05) is 37.0 Å². The fourth-order valence-corrected chi connectivity index (χ4v) is 6.19. The Morgan fingerprint density at radius 3 is 1.62 bits per heavy atom. The van der Waals surface area contributed by atoms with Crippen molar-refractivity contribution in [2.24, 2.45) is 5.92 Å². The van der Waals surface area contributed by atoms with Gasteiger partial charge in [0.2, 0.25) is 0 Å². The monoisotopic (exact) mass is 670 g/mol. The van der Waals surface area contributed by atoms with E-state index < -0.39 is 34.6 Å². The lowest BCUT2D eigenvalue weighted by Gasteiger charge is -2.17. The molecule has 2 aromatic carbocycles. The molecule has 14 heteroatoms. The lowest BCUT2D eigenvalue weighted by molar-refractivity contribution is 0.276. The largest absolute Gasteiger partial charge is 0.505 e. The van der Waals surface area contributed by atoms with E-state index in [9.17, 15) is 32.3 Å². The Kier molecular flexibility index (Phi) is 9.74. The molecule has 2 aliphatic heterocycles. The molecular formula is C31H32Cl2F4N4O4. The van der Waals surface area contributed by atoms with E-state index in [-0.39, 0.29) is 43.9 Å². The van der Waals surface area contributed by atoms with E-state index in [0.717, 1.165) is 44.2 Å². The van der Waals surface area contributed by atoms with Gasteiger partial charge in [-0.2, -0.15) is 0 Å². The highest BCUT2D eigenvalue weighted by molar-refractivity contribution is 6.32. The first-order valence-corrected chi connectivity index (χ1v) is 15.4. The molecule has 0 unspecified atom stereocenters. The van der Waals surface area contributed by atoms with Crippen LogP contribution in [-0.4, -0.2) is 30.4 Å². The molecule has 4 heterocycles. The van der Waals surface area contributed by atoms with E-state index in [0.29, 0.717) is 44.8 Å². The summed E-state index contributed by atoms with van der Waals surface area (Å²) in [4.78, 5) is 24.9. The average molecular weight is 672 g/mol. The van der Waals surface area contributed by atoms with Crippen molar-refractivity contribution in [1.82, 2.24) is 18.7 Å². The van der Waals surface area contributed by atoms with Gasteiger partial charge < -0.3 is 9.84 Å². The summed E-state index contributed by atoms with van der Waals surface area (Å²) in [7, 11) is 0. The van der Waals surface area contributed by atoms with Gasteiger partial charge in [-0.3, -0.25) is 19.0 Å². The van der Waals surface area contributed by atoms with Crippen molar-refractivity contribution in [3.05, 3.63) is 78.5 Å². The van der Waals surface area contributed by atoms with Crippen LogP contribution in [0, 0.1) is 29.2 Å². The van der Waals surface area contributed by atoms with Crippen LogP contribution in [0.1, 0.15) is 46.0 Å². The summed E-state index contributed by atoms with van der Waals surface area (Å²) >= 11 is 12.5. The summed E-state index contributed by atoms with van der Waals surface area (Å²) in [5.41, 5.74) is -0.974. The Hall–Kier alpha value is -3.64. The molecule has 4 aromatic rings. The van der Waals surface area contributed by atoms with Crippen LogP contribution in [0.2, 0.25) is 10.3 Å². The highest BCUT2D eigenvalue weighted by atomic mass is 35.5. The molecule has 0 fully saturated rings. The summed E-state index contributed by atoms with van der Waals surface area (Å²) in [5, 5.41) is 9.66. The number of ether oxygens (including phenoxy) is 1. The lowest BCUT2D eigenvalue weighted by atomic mass is 10.1. The second-order valence-corrected chi connectivity index (χ2v) is 12.1. The smallest absolute Gasteiger partial charge is 0.276 e. The van der Waals surface area contributed by atoms with Gasteiger partial charge in [-0.05, 0) is 50.2 Å². The van der Waals surface area contributed by atoms with Gasteiger partial charge in [0.25, 0.3) is 11.1 Å². The number of fused-ring (bicyclic) bond motifs is 2. The van der Waals surface area contributed by atoms with Crippen molar-refractivity contribution in [1.29, 1.82) is 0 Å². The maximum absolute atomic E-state index is 14.4. The quantitative estimate of drug-likeness (QED) is 0.220. The lowest BCUT2D eigenvalue weighted by Crippen LogP contribution is -2.27. The van der Waals surface area contributed by atoms with Gasteiger partial charge in [-0.15, -0.1) is 0 Å². The van der Waals surface area contributed by atoms with Crippen LogP contribution in [0.25, 0.3) is 22.3 Å². The minimum atomic E-state index is -1.08. The third kappa shape index (κ3) is 6.40. The number of halogens is 6. The normalized spacial score (nSPS) is 14.2. The highest BCUT2D eigenvalue weighted by Crippen LogP contribution is 2.34. The summed E-state index contributed by atoms with van der Waals surface area (Å²) in [5.74, 6) is -4.00. The predicted octanol–water partition coefficient (Wildman–Crippen LogP) is 7.21. The number of phenols is 1. The molecule has 0 saturated heterocycles. The van der Waals surface area contributed by atoms with E-state index in [1.54, 1.807) is 9.36 Å². The van der Waals surface area contributed by atoms with Crippen LogP contribution < -0.4 is 15.9 Å². The number of benzene rings is 2. The molecule has 0 atom stereocenters. The fraction of sp³-hybridized carbons (Fsp3) is 0.419. The molecule has 45 heavy (non-hydrogen) atoms. The van der Waals surface area contributed by atoms with Crippen LogP contribution in [0.4, 0.5) is 17.6 Å². The zero-order valence-corrected chi connectivity index (χ0v) is 26.2. The van der Waals surface area contributed by atoms with Gasteiger partial charge >= 0.3 is 0 Å². The SMILES string of the molecule is CC(C)CCOc1cc(-c2c(Cl)n3n(c2=O)CCCC3)c(F)cc1F.O=c1c(-c2cc(O)c(F)cc2F)c(Cl)n2n1CCCC2. The molecule has 0 saturated carbocycles. The molecule has 0 amide bonds. The van der Waals surface area contributed by atoms with E-state index in [2.05, 4.69) is 0 Å². The first-order chi connectivity index (χ1) is 21.4. The van der Waals surface area contributed by atoms with E-state index in [1.165, 1.54) is 15.4 Å². The highest BCUT2D eigenvalue weighted by Gasteiger charge is 2.26. The Labute approximate surface area is 265 Å². The summed E-state index contributed by atoms with van der Waals surface area (Å²) in [6.07, 6.45) is 4.25. The maximum atomic E-state index is 14.4. The Balaban J connectivity index is 0.000000182. The average Bonchev–Trinajstić information content (AvgIpc) is 3.41. The number of aromatic hydroxyl groups is 1. The number of hydrogen-bond donors (Lipinski definition) is 1. The van der Waals surface area contributed by atoms with Crippen molar-refractivity contribution < 1.29 is 27.4 Å². The number of rotatable bonds is 6. The molecule has 0 bridgehead atoms. The number of aromatic nitrogens is 4. The van der Waals surface area contributed by atoms with Gasteiger partial charge in [0.15, 0.2) is 23.1 Å². The molecule has 2 aromatic heterocycles. The van der Waals surface area contributed by atoms with Crippen LogP contribution in [0.15, 0.2) is 33.9 Å². The molecule has 8 nitrogen and oxygen atoms in total. The third-order valence-corrected chi connectivity index (χ3v) is 8.64. The zero-order valence-electron chi connectivity index (χ0n) is 24.7. The Morgan fingerprint density at radius 2 is 1.16 bits per heavy atom. The van der Waals surface area contributed by atoms with Crippen molar-refractivity contribution >= 4 is 23.2 Å². The molecule has 0 radical (unpaired) electrons. The standard InChI is InChI=1S/C18H21ClF2N2O2.C13H11ClF2N2O2/c1-11(2)5-8-25-15-9-12(13(20)10-14(15)21)16-17(19)22-6-3-4-7-23(22)18(16)24;14-12-11(7-5-10(19)9(16)6-8(7)15)13(20)18-4-2-1-3-17(12)18/h9-11H,3-8H2,1-2H3;5-6,19H,1-4H2. The van der Waals surface area contributed by atoms with Crippen LogP contribution in [0.3, 0.4) is 0 Å². The van der Waals surface area contributed by atoms with Crippen molar-refractivity contribution in [2.45, 2.75) is 72.1 Å². The number of phenolic OH excluding ortho intramolecular Hbond substituents is 1. The number of hydrogen-bond acceptors (Lipinski definition) is 4. The first-order valence-electron chi connectivity index (χ1n) is 14.7. The van der Waals surface area contributed by atoms with Crippen LogP contribution in [0.5, 0.6) is 11.5 Å². The number of nitrogens with zero attached hydrogens (tertiary/aromatic N) is 4. The molecule has 1 N–H and O–H groups in total. The van der Waals surface area contributed by atoms with Crippen LogP contribution >= 0.6 is 23.2 Å². The molecule has 242 valence electrons. The second-order valence-electron chi connectivity index (χ2n) is 11.4. The maximum Gasteiger partial charge on any atom is 0.276 e.